The van der Waals surface area contributed by atoms with E-state index in [1.807, 2.05) is 38.1 Å². The van der Waals surface area contributed by atoms with E-state index < -0.39 is 12.1 Å². The van der Waals surface area contributed by atoms with E-state index in [9.17, 15) is 9.90 Å². The normalized spacial score (nSPS) is 23.2. The van der Waals surface area contributed by atoms with Gasteiger partial charge < -0.3 is 16.2 Å². The van der Waals surface area contributed by atoms with Crippen LogP contribution < -0.4 is 11.1 Å². The van der Waals surface area contributed by atoms with Crippen molar-refractivity contribution in [1.82, 2.24) is 5.32 Å². The Morgan fingerprint density at radius 2 is 2.16 bits per heavy atom. The molecule has 0 aliphatic heterocycles. The van der Waals surface area contributed by atoms with Crippen molar-refractivity contribution in [3.63, 3.8) is 0 Å². The molecule has 0 bridgehead atoms. The number of carbonyl (C=O) groups is 1. The zero-order valence-electron chi connectivity index (χ0n) is 11.5. The highest BCUT2D eigenvalue weighted by Gasteiger charge is 2.32. The maximum atomic E-state index is 12.0. The van der Waals surface area contributed by atoms with Gasteiger partial charge in [-0.05, 0) is 23.5 Å². The Hall–Kier alpha value is -1.39. The average molecular weight is 262 g/mol. The summed E-state index contributed by atoms with van der Waals surface area (Å²) in [5.41, 5.74) is 7.96. The monoisotopic (exact) mass is 262 g/mol. The van der Waals surface area contributed by atoms with Gasteiger partial charge in [-0.25, -0.2) is 0 Å². The first-order chi connectivity index (χ1) is 8.99. The van der Waals surface area contributed by atoms with Gasteiger partial charge >= 0.3 is 0 Å². The van der Waals surface area contributed by atoms with Crippen LogP contribution in [0.2, 0.25) is 0 Å². The fraction of sp³-hybridized carbons (Fsp3) is 0.533. The number of fused-ring (bicyclic) bond motifs is 1. The Morgan fingerprint density at radius 3 is 2.84 bits per heavy atom. The summed E-state index contributed by atoms with van der Waals surface area (Å²) in [7, 11) is 0. The van der Waals surface area contributed by atoms with Gasteiger partial charge in [-0.3, -0.25) is 4.79 Å². The second-order valence-corrected chi connectivity index (χ2v) is 5.69. The van der Waals surface area contributed by atoms with Crippen LogP contribution in [0.15, 0.2) is 24.3 Å². The van der Waals surface area contributed by atoms with Crippen LogP contribution in [0.4, 0.5) is 0 Å². The number of amides is 1. The second-order valence-electron chi connectivity index (χ2n) is 5.69. The van der Waals surface area contributed by atoms with Crippen LogP contribution in [0.5, 0.6) is 0 Å². The Labute approximate surface area is 114 Å². The molecule has 0 aromatic heterocycles. The van der Waals surface area contributed by atoms with Crippen molar-refractivity contribution in [3.05, 3.63) is 35.4 Å². The lowest BCUT2D eigenvalue weighted by Crippen LogP contribution is -2.44. The fourth-order valence-electron chi connectivity index (χ4n) is 2.62. The molecule has 0 radical (unpaired) electrons. The van der Waals surface area contributed by atoms with E-state index >= 15 is 0 Å². The minimum atomic E-state index is -0.562. The van der Waals surface area contributed by atoms with Crippen molar-refractivity contribution in [3.8, 4) is 0 Å². The Bertz CT molecular complexity index is 459. The van der Waals surface area contributed by atoms with Gasteiger partial charge in [0.15, 0.2) is 0 Å². The molecule has 4 nitrogen and oxygen atoms in total. The third-order valence-corrected chi connectivity index (χ3v) is 3.56. The van der Waals surface area contributed by atoms with Crippen LogP contribution in [0.3, 0.4) is 0 Å². The van der Waals surface area contributed by atoms with E-state index in [2.05, 4.69) is 5.32 Å². The van der Waals surface area contributed by atoms with Crippen molar-refractivity contribution in [1.29, 1.82) is 0 Å². The lowest BCUT2D eigenvalue weighted by atomic mass is 10.0. The van der Waals surface area contributed by atoms with Gasteiger partial charge in [-0.15, -0.1) is 0 Å². The largest absolute Gasteiger partial charge is 0.390 e. The van der Waals surface area contributed by atoms with E-state index in [1.54, 1.807) is 0 Å². The summed E-state index contributed by atoms with van der Waals surface area (Å²) in [4.78, 5) is 12.0. The van der Waals surface area contributed by atoms with E-state index in [4.69, 9.17) is 5.73 Å². The minimum Gasteiger partial charge on any atom is -0.390 e. The lowest BCUT2D eigenvalue weighted by molar-refractivity contribution is -0.124. The molecule has 0 saturated carbocycles. The van der Waals surface area contributed by atoms with Gasteiger partial charge in [-0.2, -0.15) is 0 Å². The van der Waals surface area contributed by atoms with Crippen LogP contribution in [0.1, 0.15) is 37.4 Å². The molecular weight excluding hydrogens is 240 g/mol. The number of nitrogens with one attached hydrogen (secondary N) is 1. The molecule has 1 aliphatic carbocycles. The quantitative estimate of drug-likeness (QED) is 0.761. The topological polar surface area (TPSA) is 75.4 Å². The van der Waals surface area contributed by atoms with Crippen molar-refractivity contribution in [2.24, 2.45) is 11.7 Å². The minimum absolute atomic E-state index is 0.186. The summed E-state index contributed by atoms with van der Waals surface area (Å²) < 4.78 is 0. The number of carbonyl (C=O) groups excluding carboxylic acids is 1. The summed E-state index contributed by atoms with van der Waals surface area (Å²) in [5, 5.41) is 12.9. The Morgan fingerprint density at radius 1 is 1.47 bits per heavy atom. The van der Waals surface area contributed by atoms with Crippen molar-refractivity contribution in [2.75, 3.05) is 0 Å². The first-order valence-electron chi connectivity index (χ1n) is 6.81. The summed E-state index contributed by atoms with van der Waals surface area (Å²) in [5.74, 6) is 0.191. The van der Waals surface area contributed by atoms with Gasteiger partial charge in [0, 0.05) is 6.42 Å². The molecule has 4 heteroatoms. The van der Waals surface area contributed by atoms with E-state index in [0.717, 1.165) is 11.1 Å². The predicted molar refractivity (Wildman–Crippen MR) is 74.5 cm³/mol. The number of aliphatic hydroxyl groups excluding tert-OH is 1. The molecule has 0 fully saturated rings. The highest BCUT2D eigenvalue weighted by Crippen LogP contribution is 2.31. The average Bonchev–Trinajstić information content (AvgIpc) is 2.65. The molecule has 3 atom stereocenters. The molecule has 0 heterocycles. The molecule has 1 aromatic rings. The SMILES string of the molecule is CC(C)C[C@@H](N)C(=O)N[C@@H]1c2ccccc2C[C@@H]1O. The molecule has 1 aliphatic rings. The maximum absolute atomic E-state index is 12.0. The molecule has 19 heavy (non-hydrogen) atoms. The predicted octanol–water partition coefficient (Wildman–Crippen LogP) is 1.13. The third-order valence-electron chi connectivity index (χ3n) is 3.56. The second kappa shape index (κ2) is 5.72. The first kappa shape index (κ1) is 14.0. The standard InChI is InChI=1S/C15H22N2O2/c1-9(2)7-12(16)15(19)17-14-11-6-4-3-5-10(11)8-13(14)18/h3-6,9,12-14,18H,7-8,16H2,1-2H3,(H,17,19)/t12-,13+,14-/m1/s1. The zero-order chi connectivity index (χ0) is 14.0. The van der Waals surface area contributed by atoms with Gasteiger partial charge in [0.2, 0.25) is 5.91 Å². The number of benzene rings is 1. The van der Waals surface area contributed by atoms with Crippen molar-refractivity contribution >= 4 is 5.91 Å². The van der Waals surface area contributed by atoms with E-state index in [0.29, 0.717) is 18.8 Å². The Kier molecular flexibility index (Phi) is 4.22. The summed E-state index contributed by atoms with van der Waals surface area (Å²) in [6, 6.07) is 6.95. The number of nitrogens with two attached hydrogens (primary N) is 1. The molecular formula is C15H22N2O2. The molecule has 0 spiro atoms. The molecule has 104 valence electrons. The summed E-state index contributed by atoms with van der Waals surface area (Å²) in [6.45, 7) is 4.07. The molecule has 1 aromatic carbocycles. The molecule has 1 amide bonds. The summed E-state index contributed by atoms with van der Waals surface area (Å²) >= 11 is 0. The smallest absolute Gasteiger partial charge is 0.237 e. The van der Waals surface area contributed by atoms with Gasteiger partial charge in [0.1, 0.15) is 0 Å². The molecule has 0 saturated heterocycles. The third kappa shape index (κ3) is 3.14. The van der Waals surface area contributed by atoms with Crippen LogP contribution in [0, 0.1) is 5.92 Å². The van der Waals surface area contributed by atoms with Crippen LogP contribution in [-0.2, 0) is 11.2 Å². The lowest BCUT2D eigenvalue weighted by Gasteiger charge is -2.21. The Balaban J connectivity index is 2.05. The fourth-order valence-corrected chi connectivity index (χ4v) is 2.62. The number of hydrogen-bond donors (Lipinski definition) is 3. The van der Waals surface area contributed by atoms with Crippen LogP contribution in [-0.4, -0.2) is 23.2 Å². The van der Waals surface area contributed by atoms with Crippen molar-refractivity contribution < 1.29 is 9.90 Å². The van der Waals surface area contributed by atoms with E-state index in [-0.39, 0.29) is 11.9 Å². The zero-order valence-corrected chi connectivity index (χ0v) is 11.5. The van der Waals surface area contributed by atoms with Crippen LogP contribution >= 0.6 is 0 Å². The van der Waals surface area contributed by atoms with E-state index in [1.165, 1.54) is 0 Å². The number of rotatable bonds is 4. The van der Waals surface area contributed by atoms with Gasteiger partial charge in [0.05, 0.1) is 18.2 Å². The summed E-state index contributed by atoms with van der Waals surface area (Å²) in [6.07, 6.45) is 0.671. The first-order valence-corrected chi connectivity index (χ1v) is 6.81. The van der Waals surface area contributed by atoms with Crippen LogP contribution in [0.25, 0.3) is 0 Å². The molecule has 2 rings (SSSR count). The molecule has 0 unspecified atom stereocenters. The molecule has 4 N–H and O–H groups in total. The van der Waals surface area contributed by atoms with Gasteiger partial charge in [-0.1, -0.05) is 38.1 Å². The maximum Gasteiger partial charge on any atom is 0.237 e. The highest BCUT2D eigenvalue weighted by atomic mass is 16.3. The highest BCUT2D eigenvalue weighted by molar-refractivity contribution is 5.82. The van der Waals surface area contributed by atoms with Gasteiger partial charge in [0.25, 0.3) is 0 Å². The number of hydrogen-bond acceptors (Lipinski definition) is 3. The number of aliphatic hydroxyl groups is 1. The van der Waals surface area contributed by atoms with Crippen molar-refractivity contribution in [2.45, 2.75) is 44.9 Å².